The molecule has 1 fully saturated rings. The van der Waals surface area contributed by atoms with Gasteiger partial charge in [-0.25, -0.2) is 0 Å². The Bertz CT molecular complexity index is 867. The third-order valence-electron chi connectivity index (χ3n) is 5.39. The van der Waals surface area contributed by atoms with Crippen LogP contribution in [0.25, 0.3) is 0 Å². The number of carbonyl (C=O) groups excluding carboxylic acids is 1. The number of methoxy groups -OCH3 is 1. The summed E-state index contributed by atoms with van der Waals surface area (Å²) in [5.41, 5.74) is 2.33. The molecule has 2 aromatic rings. The predicted molar refractivity (Wildman–Crippen MR) is 121 cm³/mol. The van der Waals surface area contributed by atoms with Gasteiger partial charge in [0.2, 0.25) is 5.91 Å². The molecule has 3 rings (SSSR count). The number of ether oxygens (including phenoxy) is 1. The van der Waals surface area contributed by atoms with E-state index in [1.54, 1.807) is 14.2 Å². The Morgan fingerprint density at radius 1 is 1.24 bits per heavy atom. The number of aryl methyl sites for hydroxylation is 2. The number of benzene rings is 1. The fourth-order valence-electron chi connectivity index (χ4n) is 3.67. The maximum atomic E-state index is 12.7. The number of likely N-dealkylation sites (N-methyl/N-ethyl adjacent to an activating group) is 1. The largest absolute Gasteiger partial charge is 0.497 e. The molecule has 1 aromatic carbocycles. The number of rotatable bonds is 6. The van der Waals surface area contributed by atoms with Crippen molar-refractivity contribution in [2.75, 3.05) is 32.6 Å². The zero-order valence-corrected chi connectivity index (χ0v) is 19.3. The Balaban J connectivity index is 0.000000819. The second-order valence-electron chi connectivity index (χ2n) is 7.31. The van der Waals surface area contributed by atoms with Gasteiger partial charge in [0.15, 0.2) is 0 Å². The van der Waals surface area contributed by atoms with E-state index in [0.717, 1.165) is 48.1 Å². The van der Waals surface area contributed by atoms with Crippen molar-refractivity contribution < 1.29 is 33.9 Å². The first-order valence-electron chi connectivity index (χ1n) is 10.2. The molecule has 0 radical (unpaired) electrons. The summed E-state index contributed by atoms with van der Waals surface area (Å²) in [7, 11) is 3.33. The maximum absolute atomic E-state index is 12.7. The molecule has 0 spiro atoms. The molecular formula is C22H32N4O7. The first kappa shape index (κ1) is 27.4. The van der Waals surface area contributed by atoms with Crippen LogP contribution in [0.3, 0.4) is 0 Å². The average molecular weight is 465 g/mol. The van der Waals surface area contributed by atoms with E-state index in [2.05, 4.69) is 20.7 Å². The minimum Gasteiger partial charge on any atom is -0.497 e. The normalized spacial score (nSPS) is 14.4. The highest BCUT2D eigenvalue weighted by atomic mass is 16.5. The van der Waals surface area contributed by atoms with Crippen molar-refractivity contribution in [3.63, 3.8) is 0 Å². The van der Waals surface area contributed by atoms with Crippen LogP contribution in [0, 0.1) is 13.8 Å². The van der Waals surface area contributed by atoms with Gasteiger partial charge in [0.1, 0.15) is 17.0 Å². The number of carbonyl (C=O) groups is 3. The molecule has 11 nitrogen and oxygen atoms in total. The number of hydrogen-bond donors (Lipinski definition) is 4. The zero-order valence-electron chi connectivity index (χ0n) is 19.3. The number of anilines is 1. The second kappa shape index (κ2) is 13.7. The Kier molecular flexibility index (Phi) is 11.4. The monoisotopic (exact) mass is 464 g/mol. The molecule has 0 saturated carbocycles. The van der Waals surface area contributed by atoms with Crippen molar-refractivity contribution in [1.29, 1.82) is 0 Å². The third-order valence-corrected chi connectivity index (χ3v) is 5.39. The smallest absolute Gasteiger partial charge is 0.290 e. The Morgan fingerprint density at radius 2 is 1.85 bits per heavy atom. The lowest BCUT2D eigenvalue weighted by atomic mass is 9.85. The highest BCUT2D eigenvalue weighted by Gasteiger charge is 2.41. The van der Waals surface area contributed by atoms with E-state index in [-0.39, 0.29) is 18.9 Å². The Morgan fingerprint density at radius 3 is 2.33 bits per heavy atom. The van der Waals surface area contributed by atoms with Crippen molar-refractivity contribution in [2.45, 2.75) is 38.8 Å². The van der Waals surface area contributed by atoms with Gasteiger partial charge in [0.05, 0.1) is 12.8 Å². The number of piperidine rings is 1. The number of carboxylic acid groups (broad SMARTS) is 2. The molecular weight excluding hydrogens is 432 g/mol. The summed E-state index contributed by atoms with van der Waals surface area (Å²) >= 11 is 0. The van der Waals surface area contributed by atoms with Crippen LogP contribution in [0.15, 0.2) is 28.8 Å². The number of hydrogen-bond acceptors (Lipinski definition) is 8. The molecule has 1 saturated heterocycles. The van der Waals surface area contributed by atoms with Crippen LogP contribution in [0.5, 0.6) is 5.75 Å². The number of amides is 1. The van der Waals surface area contributed by atoms with E-state index in [4.69, 9.17) is 29.1 Å². The van der Waals surface area contributed by atoms with Crippen LogP contribution >= 0.6 is 0 Å². The van der Waals surface area contributed by atoms with Gasteiger partial charge >= 0.3 is 0 Å². The lowest BCUT2D eigenvalue weighted by molar-refractivity contribution is -0.126. The van der Waals surface area contributed by atoms with Gasteiger partial charge in [-0.1, -0.05) is 11.2 Å². The number of aromatic nitrogens is 1. The molecule has 4 N–H and O–H groups in total. The molecule has 0 aliphatic carbocycles. The third kappa shape index (κ3) is 7.79. The molecule has 1 aliphatic rings. The molecule has 11 heteroatoms. The maximum Gasteiger partial charge on any atom is 0.290 e. The molecule has 1 amide bonds. The highest BCUT2D eigenvalue weighted by molar-refractivity contribution is 5.89. The summed E-state index contributed by atoms with van der Waals surface area (Å²) in [5.74, 6) is 1.65. The summed E-state index contributed by atoms with van der Waals surface area (Å²) in [6.07, 6.45) is 1.43. The fraction of sp³-hybridized carbons (Fsp3) is 0.455. The van der Waals surface area contributed by atoms with Crippen LogP contribution in [-0.4, -0.2) is 71.9 Å². The van der Waals surface area contributed by atoms with Crippen LogP contribution in [0.1, 0.15) is 29.9 Å². The topological polar surface area (TPSA) is 154 Å². The molecule has 1 aromatic heterocycles. The van der Waals surface area contributed by atoms with Gasteiger partial charge in [-0.3, -0.25) is 19.3 Å². The molecule has 182 valence electrons. The van der Waals surface area contributed by atoms with Gasteiger partial charge < -0.3 is 30.1 Å². The first-order valence-corrected chi connectivity index (χ1v) is 10.2. The molecule has 0 atom stereocenters. The van der Waals surface area contributed by atoms with Crippen LogP contribution in [0.4, 0.5) is 5.69 Å². The van der Waals surface area contributed by atoms with Gasteiger partial charge in [-0.15, -0.1) is 0 Å². The number of nitrogens with one attached hydrogen (secondary N) is 2. The fourth-order valence-corrected chi connectivity index (χ4v) is 3.67. The molecule has 0 bridgehead atoms. The van der Waals surface area contributed by atoms with Crippen LogP contribution in [-0.2, 0) is 20.9 Å². The minimum atomic E-state index is -0.629. The quantitative estimate of drug-likeness (QED) is 0.466. The second-order valence-corrected chi connectivity index (χ2v) is 7.31. The molecule has 1 aliphatic heterocycles. The summed E-state index contributed by atoms with van der Waals surface area (Å²) < 4.78 is 10.6. The number of likely N-dealkylation sites (tertiary alicyclic amines) is 1. The summed E-state index contributed by atoms with van der Waals surface area (Å²) in [5, 5.41) is 24.1. The summed E-state index contributed by atoms with van der Waals surface area (Å²) in [6.45, 7) is 5.83. The van der Waals surface area contributed by atoms with E-state index >= 15 is 0 Å². The highest BCUT2D eigenvalue weighted by Crippen LogP contribution is 2.30. The predicted octanol–water partition coefficient (Wildman–Crippen LogP) is 1.89. The standard InChI is InChI=1S/C20H28N4O3.2CH2O2/c1-14-18(15(2)27-23-14)13-24-10-8-20(9-11-24,19(25)21-3)22-16-6-5-7-17(12-16)26-4;2*2-1-3/h5-7,12,22H,8-11,13H2,1-4H3,(H,21,25);2*1H,(H,2,3). The average Bonchev–Trinajstić information content (AvgIpc) is 3.13. The van der Waals surface area contributed by atoms with Crippen molar-refractivity contribution in [3.8, 4) is 5.75 Å². The minimum absolute atomic E-state index is 0.0160. The molecule has 33 heavy (non-hydrogen) atoms. The van der Waals surface area contributed by atoms with Gasteiger partial charge in [0, 0.05) is 44.0 Å². The lowest BCUT2D eigenvalue weighted by Crippen LogP contribution is -2.57. The van der Waals surface area contributed by atoms with Crippen LogP contribution < -0.4 is 15.4 Å². The van der Waals surface area contributed by atoms with Crippen molar-refractivity contribution in [1.82, 2.24) is 15.4 Å². The zero-order chi connectivity index (χ0) is 24.9. The van der Waals surface area contributed by atoms with E-state index in [9.17, 15) is 4.79 Å². The van der Waals surface area contributed by atoms with Crippen molar-refractivity contribution in [2.24, 2.45) is 0 Å². The number of nitrogens with zero attached hydrogens (tertiary/aromatic N) is 2. The SMILES string of the molecule is CNC(=O)C1(Nc2cccc(OC)c2)CCN(Cc2c(C)noc2C)CC1.O=CO.O=CO. The van der Waals surface area contributed by atoms with Gasteiger partial charge in [0.25, 0.3) is 12.9 Å². The Labute approximate surface area is 192 Å². The molecule has 2 heterocycles. The van der Waals surface area contributed by atoms with E-state index in [1.165, 1.54) is 0 Å². The molecule has 0 unspecified atom stereocenters. The van der Waals surface area contributed by atoms with Crippen molar-refractivity contribution in [3.05, 3.63) is 41.3 Å². The first-order chi connectivity index (χ1) is 15.8. The van der Waals surface area contributed by atoms with Gasteiger partial charge in [-0.05, 0) is 38.8 Å². The Hall–Kier alpha value is -3.60. The van der Waals surface area contributed by atoms with E-state index < -0.39 is 5.54 Å². The summed E-state index contributed by atoms with van der Waals surface area (Å²) in [4.78, 5) is 31.8. The van der Waals surface area contributed by atoms with Crippen LogP contribution in [0.2, 0.25) is 0 Å². The van der Waals surface area contributed by atoms with E-state index in [1.807, 2.05) is 38.1 Å². The lowest BCUT2D eigenvalue weighted by Gasteiger charge is -2.41. The van der Waals surface area contributed by atoms with Crippen molar-refractivity contribution >= 4 is 24.5 Å². The van der Waals surface area contributed by atoms with E-state index in [0.29, 0.717) is 12.8 Å². The summed E-state index contributed by atoms with van der Waals surface area (Å²) in [6, 6.07) is 7.69. The van der Waals surface area contributed by atoms with Gasteiger partial charge in [-0.2, -0.15) is 0 Å².